The SMILES string of the molecule is C=C(c1ncc[nH]1)N1CCC(C(C)C)CC1. The van der Waals surface area contributed by atoms with Crippen molar-refractivity contribution < 1.29 is 0 Å². The molecule has 0 aromatic carbocycles. The molecular weight excluding hydrogens is 198 g/mol. The van der Waals surface area contributed by atoms with Crippen LogP contribution in [0.25, 0.3) is 5.70 Å². The van der Waals surface area contributed by atoms with E-state index in [2.05, 4.69) is 35.3 Å². The predicted octanol–water partition coefficient (Wildman–Crippen LogP) is 2.75. The zero-order valence-electron chi connectivity index (χ0n) is 10.2. The Bertz CT molecular complexity index is 332. The zero-order chi connectivity index (χ0) is 11.5. The van der Waals surface area contributed by atoms with E-state index in [9.17, 15) is 0 Å². The molecular formula is C13H21N3. The van der Waals surface area contributed by atoms with Crippen molar-refractivity contribution in [1.82, 2.24) is 14.9 Å². The second kappa shape index (κ2) is 4.73. The van der Waals surface area contributed by atoms with Gasteiger partial charge in [0.2, 0.25) is 0 Å². The summed E-state index contributed by atoms with van der Waals surface area (Å²) < 4.78 is 0. The summed E-state index contributed by atoms with van der Waals surface area (Å²) in [6, 6.07) is 0. The van der Waals surface area contributed by atoms with Gasteiger partial charge in [-0.1, -0.05) is 20.4 Å². The van der Waals surface area contributed by atoms with Crippen LogP contribution in [0.3, 0.4) is 0 Å². The Morgan fingerprint density at radius 1 is 1.50 bits per heavy atom. The minimum absolute atomic E-state index is 0.805. The smallest absolute Gasteiger partial charge is 0.153 e. The van der Waals surface area contributed by atoms with Gasteiger partial charge in [0.15, 0.2) is 5.82 Å². The highest BCUT2D eigenvalue weighted by Crippen LogP contribution is 2.27. The Labute approximate surface area is 97.6 Å². The molecule has 0 amide bonds. The van der Waals surface area contributed by atoms with Crippen LogP contribution in [0, 0.1) is 11.8 Å². The number of hydrogen-bond acceptors (Lipinski definition) is 2. The zero-order valence-corrected chi connectivity index (χ0v) is 10.2. The lowest BCUT2D eigenvalue weighted by Crippen LogP contribution is -2.34. The standard InChI is InChI=1S/C13H21N3/c1-10(2)12-4-8-16(9-5-12)11(3)13-14-6-7-15-13/h6-7,10,12H,3-5,8-9H2,1-2H3,(H,14,15). The van der Waals surface area contributed by atoms with Gasteiger partial charge >= 0.3 is 0 Å². The number of aromatic nitrogens is 2. The molecule has 0 aliphatic carbocycles. The molecule has 0 atom stereocenters. The van der Waals surface area contributed by atoms with Crippen molar-refractivity contribution in [2.75, 3.05) is 13.1 Å². The lowest BCUT2D eigenvalue weighted by Gasteiger charge is -2.35. The van der Waals surface area contributed by atoms with Crippen molar-refractivity contribution in [2.45, 2.75) is 26.7 Å². The first-order valence-electron chi connectivity index (χ1n) is 6.12. The summed E-state index contributed by atoms with van der Waals surface area (Å²) in [6.45, 7) is 11.0. The van der Waals surface area contributed by atoms with E-state index in [4.69, 9.17) is 0 Å². The van der Waals surface area contributed by atoms with Crippen LogP contribution < -0.4 is 0 Å². The van der Waals surface area contributed by atoms with Crippen molar-refractivity contribution in [1.29, 1.82) is 0 Å². The van der Waals surface area contributed by atoms with Crippen LogP contribution in [0.1, 0.15) is 32.5 Å². The number of likely N-dealkylation sites (tertiary alicyclic amines) is 1. The van der Waals surface area contributed by atoms with E-state index < -0.39 is 0 Å². The second-order valence-electron chi connectivity index (χ2n) is 4.95. The van der Waals surface area contributed by atoms with E-state index in [1.807, 2.05) is 6.20 Å². The quantitative estimate of drug-likeness (QED) is 0.847. The first kappa shape index (κ1) is 11.2. The lowest BCUT2D eigenvalue weighted by atomic mass is 9.86. The number of imidazole rings is 1. The van der Waals surface area contributed by atoms with Gasteiger partial charge in [-0.05, 0) is 24.7 Å². The van der Waals surface area contributed by atoms with Crippen LogP contribution in [0.4, 0.5) is 0 Å². The average Bonchev–Trinajstić information content (AvgIpc) is 2.81. The summed E-state index contributed by atoms with van der Waals surface area (Å²) >= 11 is 0. The van der Waals surface area contributed by atoms with Crippen LogP contribution in [0.2, 0.25) is 0 Å². The van der Waals surface area contributed by atoms with Crippen LogP contribution in [0.15, 0.2) is 19.0 Å². The third-order valence-corrected chi connectivity index (χ3v) is 3.64. The topological polar surface area (TPSA) is 31.9 Å². The van der Waals surface area contributed by atoms with Gasteiger partial charge in [0, 0.05) is 25.5 Å². The molecule has 3 heteroatoms. The molecule has 1 saturated heterocycles. The molecule has 0 saturated carbocycles. The Kier molecular flexibility index (Phi) is 3.32. The Morgan fingerprint density at radius 3 is 2.69 bits per heavy atom. The van der Waals surface area contributed by atoms with E-state index in [0.717, 1.165) is 36.4 Å². The Hall–Kier alpha value is -1.25. The molecule has 0 radical (unpaired) electrons. The molecule has 1 aliphatic heterocycles. The summed E-state index contributed by atoms with van der Waals surface area (Å²) in [5.41, 5.74) is 1.03. The number of rotatable bonds is 3. The number of piperidine rings is 1. The molecule has 3 nitrogen and oxygen atoms in total. The molecule has 16 heavy (non-hydrogen) atoms. The van der Waals surface area contributed by atoms with Crippen LogP contribution in [-0.2, 0) is 0 Å². The van der Waals surface area contributed by atoms with Crippen molar-refractivity contribution in [2.24, 2.45) is 11.8 Å². The highest BCUT2D eigenvalue weighted by Gasteiger charge is 2.23. The van der Waals surface area contributed by atoms with Gasteiger partial charge < -0.3 is 9.88 Å². The van der Waals surface area contributed by atoms with E-state index in [1.165, 1.54) is 12.8 Å². The molecule has 2 heterocycles. The number of H-pyrrole nitrogens is 1. The molecule has 1 aromatic rings. The summed E-state index contributed by atoms with van der Waals surface area (Å²) in [5, 5.41) is 0. The second-order valence-corrected chi connectivity index (χ2v) is 4.95. The average molecular weight is 219 g/mol. The monoisotopic (exact) mass is 219 g/mol. The summed E-state index contributed by atoms with van der Waals surface area (Å²) in [5.74, 6) is 2.59. The molecule has 1 fully saturated rings. The van der Waals surface area contributed by atoms with E-state index in [0.29, 0.717) is 0 Å². The highest BCUT2D eigenvalue weighted by atomic mass is 15.2. The molecule has 1 aliphatic rings. The van der Waals surface area contributed by atoms with E-state index in [1.54, 1.807) is 6.20 Å². The van der Waals surface area contributed by atoms with Gasteiger partial charge in [0.1, 0.15) is 0 Å². The number of hydrogen-bond donors (Lipinski definition) is 1. The minimum Gasteiger partial charge on any atom is -0.369 e. The molecule has 0 spiro atoms. The number of aromatic amines is 1. The molecule has 0 unspecified atom stereocenters. The maximum Gasteiger partial charge on any atom is 0.153 e. The first-order chi connectivity index (χ1) is 7.68. The predicted molar refractivity (Wildman–Crippen MR) is 66.8 cm³/mol. The summed E-state index contributed by atoms with van der Waals surface area (Å²) in [6.07, 6.45) is 6.18. The third-order valence-electron chi connectivity index (χ3n) is 3.64. The maximum atomic E-state index is 4.25. The fourth-order valence-electron chi connectivity index (χ4n) is 2.41. The fraction of sp³-hybridized carbons (Fsp3) is 0.615. The van der Waals surface area contributed by atoms with Gasteiger partial charge in [-0.3, -0.25) is 0 Å². The van der Waals surface area contributed by atoms with Gasteiger partial charge in [0.05, 0.1) is 5.70 Å². The molecule has 2 rings (SSSR count). The highest BCUT2D eigenvalue weighted by molar-refractivity contribution is 5.54. The van der Waals surface area contributed by atoms with Gasteiger partial charge in [-0.15, -0.1) is 0 Å². The normalized spacial score (nSPS) is 18.1. The van der Waals surface area contributed by atoms with Crippen LogP contribution in [-0.4, -0.2) is 28.0 Å². The minimum atomic E-state index is 0.805. The van der Waals surface area contributed by atoms with Crippen molar-refractivity contribution in [3.8, 4) is 0 Å². The number of nitrogens with zero attached hydrogens (tertiary/aromatic N) is 2. The Morgan fingerprint density at radius 2 is 2.19 bits per heavy atom. The molecule has 88 valence electrons. The van der Waals surface area contributed by atoms with Gasteiger partial charge in [-0.25, -0.2) is 4.98 Å². The largest absolute Gasteiger partial charge is 0.369 e. The molecule has 0 bridgehead atoms. The van der Waals surface area contributed by atoms with Crippen molar-refractivity contribution in [3.05, 3.63) is 24.8 Å². The van der Waals surface area contributed by atoms with Crippen molar-refractivity contribution >= 4 is 5.70 Å². The molecule has 1 N–H and O–H groups in total. The van der Waals surface area contributed by atoms with E-state index in [-0.39, 0.29) is 0 Å². The van der Waals surface area contributed by atoms with Gasteiger partial charge in [0.25, 0.3) is 0 Å². The van der Waals surface area contributed by atoms with Crippen molar-refractivity contribution in [3.63, 3.8) is 0 Å². The summed E-state index contributed by atoms with van der Waals surface area (Å²) in [7, 11) is 0. The summed E-state index contributed by atoms with van der Waals surface area (Å²) in [4.78, 5) is 9.71. The maximum absolute atomic E-state index is 4.25. The molecule has 1 aromatic heterocycles. The first-order valence-corrected chi connectivity index (χ1v) is 6.12. The fourth-order valence-corrected chi connectivity index (χ4v) is 2.41. The Balaban J connectivity index is 1.92. The van der Waals surface area contributed by atoms with Crippen LogP contribution >= 0.6 is 0 Å². The lowest BCUT2D eigenvalue weighted by molar-refractivity contribution is 0.211. The number of nitrogens with one attached hydrogen (secondary N) is 1. The van der Waals surface area contributed by atoms with Crippen LogP contribution in [0.5, 0.6) is 0 Å². The third kappa shape index (κ3) is 2.29. The van der Waals surface area contributed by atoms with E-state index >= 15 is 0 Å². The van der Waals surface area contributed by atoms with Gasteiger partial charge in [-0.2, -0.15) is 0 Å².